The zero-order valence-corrected chi connectivity index (χ0v) is 13.0. The van der Waals surface area contributed by atoms with Gasteiger partial charge >= 0.3 is 5.97 Å². The Hall–Kier alpha value is -1.36. The standard InChI is InChI=1S/C14H18BrNO3/c1-4-19-13(17)5-6-16(3)14(18)11-7-10(2)8-12(15)9-11/h7-9H,4-6H2,1-3H3. The lowest BCUT2D eigenvalue weighted by Crippen LogP contribution is -2.29. The molecule has 1 aromatic rings. The van der Waals surface area contributed by atoms with Crippen LogP contribution in [0.25, 0.3) is 0 Å². The summed E-state index contributed by atoms with van der Waals surface area (Å²) in [5.41, 5.74) is 1.62. The van der Waals surface area contributed by atoms with Gasteiger partial charge in [0, 0.05) is 23.6 Å². The Balaban J connectivity index is 2.63. The molecular formula is C14H18BrNO3. The van der Waals surface area contributed by atoms with E-state index >= 15 is 0 Å². The number of hydrogen-bond acceptors (Lipinski definition) is 3. The molecule has 1 aromatic carbocycles. The topological polar surface area (TPSA) is 46.6 Å². The van der Waals surface area contributed by atoms with Crippen LogP contribution >= 0.6 is 15.9 Å². The molecule has 104 valence electrons. The van der Waals surface area contributed by atoms with Gasteiger partial charge in [0.25, 0.3) is 5.91 Å². The second-order valence-corrected chi connectivity index (χ2v) is 5.21. The highest BCUT2D eigenvalue weighted by Crippen LogP contribution is 2.16. The first-order chi connectivity index (χ1) is 8.93. The molecule has 4 nitrogen and oxygen atoms in total. The fraction of sp³-hybridized carbons (Fsp3) is 0.429. The largest absolute Gasteiger partial charge is 0.466 e. The molecule has 0 saturated carbocycles. The number of nitrogens with zero attached hydrogens (tertiary/aromatic N) is 1. The molecule has 19 heavy (non-hydrogen) atoms. The zero-order chi connectivity index (χ0) is 14.4. The number of hydrogen-bond donors (Lipinski definition) is 0. The Morgan fingerprint density at radius 2 is 2.00 bits per heavy atom. The smallest absolute Gasteiger partial charge is 0.307 e. The van der Waals surface area contributed by atoms with E-state index in [0.29, 0.717) is 18.7 Å². The fourth-order valence-electron chi connectivity index (χ4n) is 1.67. The number of amides is 1. The van der Waals surface area contributed by atoms with E-state index in [-0.39, 0.29) is 18.3 Å². The van der Waals surface area contributed by atoms with Crippen LogP contribution in [-0.2, 0) is 9.53 Å². The monoisotopic (exact) mass is 327 g/mol. The maximum absolute atomic E-state index is 12.2. The number of aryl methyl sites for hydroxylation is 1. The third kappa shape index (κ3) is 5.03. The first kappa shape index (κ1) is 15.7. The minimum absolute atomic E-state index is 0.103. The van der Waals surface area contributed by atoms with Gasteiger partial charge in [-0.25, -0.2) is 0 Å². The molecule has 0 spiro atoms. The zero-order valence-electron chi connectivity index (χ0n) is 11.4. The van der Waals surface area contributed by atoms with Crippen LogP contribution in [0.4, 0.5) is 0 Å². The van der Waals surface area contributed by atoms with Crippen LogP contribution in [0.3, 0.4) is 0 Å². The summed E-state index contributed by atoms with van der Waals surface area (Å²) in [7, 11) is 1.68. The lowest BCUT2D eigenvalue weighted by atomic mass is 10.1. The number of rotatable bonds is 5. The number of carbonyl (C=O) groups is 2. The van der Waals surface area contributed by atoms with Crippen molar-refractivity contribution in [2.45, 2.75) is 20.3 Å². The van der Waals surface area contributed by atoms with Gasteiger partial charge in [0.2, 0.25) is 0 Å². The van der Waals surface area contributed by atoms with Gasteiger partial charge in [0.1, 0.15) is 0 Å². The average molecular weight is 328 g/mol. The highest BCUT2D eigenvalue weighted by Gasteiger charge is 2.14. The van der Waals surface area contributed by atoms with E-state index in [1.54, 1.807) is 20.0 Å². The van der Waals surface area contributed by atoms with E-state index in [9.17, 15) is 9.59 Å². The molecule has 0 aromatic heterocycles. The van der Waals surface area contributed by atoms with Crippen molar-refractivity contribution in [3.05, 3.63) is 33.8 Å². The van der Waals surface area contributed by atoms with Crippen LogP contribution < -0.4 is 0 Å². The van der Waals surface area contributed by atoms with Crippen molar-refractivity contribution in [1.29, 1.82) is 0 Å². The third-order valence-electron chi connectivity index (χ3n) is 2.59. The second-order valence-electron chi connectivity index (χ2n) is 4.30. The molecular weight excluding hydrogens is 310 g/mol. The minimum Gasteiger partial charge on any atom is -0.466 e. The summed E-state index contributed by atoms with van der Waals surface area (Å²) in [4.78, 5) is 24.9. The number of halogens is 1. The lowest BCUT2D eigenvalue weighted by Gasteiger charge is -2.17. The van der Waals surface area contributed by atoms with Gasteiger partial charge in [-0.3, -0.25) is 9.59 Å². The average Bonchev–Trinajstić information content (AvgIpc) is 2.34. The summed E-state index contributed by atoms with van der Waals surface area (Å²) in [5.74, 6) is -0.388. The molecule has 0 atom stereocenters. The molecule has 0 radical (unpaired) electrons. The molecule has 0 aliphatic carbocycles. The van der Waals surface area contributed by atoms with Crippen LogP contribution in [0.2, 0.25) is 0 Å². The quantitative estimate of drug-likeness (QED) is 0.781. The van der Waals surface area contributed by atoms with Crippen LogP contribution in [0, 0.1) is 6.92 Å². The van der Waals surface area contributed by atoms with Crippen LogP contribution in [0.1, 0.15) is 29.3 Å². The normalized spacial score (nSPS) is 10.1. The van der Waals surface area contributed by atoms with Gasteiger partial charge in [0.15, 0.2) is 0 Å². The van der Waals surface area contributed by atoms with E-state index in [2.05, 4.69) is 15.9 Å². The summed E-state index contributed by atoms with van der Waals surface area (Å²) in [5, 5.41) is 0. The Kier molecular flexibility index (Phi) is 6.02. The maximum atomic E-state index is 12.2. The molecule has 0 heterocycles. The summed E-state index contributed by atoms with van der Waals surface area (Å²) in [6.07, 6.45) is 0.211. The molecule has 0 aliphatic rings. The molecule has 0 N–H and O–H groups in total. The third-order valence-corrected chi connectivity index (χ3v) is 3.05. The number of esters is 1. The molecule has 0 aliphatic heterocycles. The van der Waals surface area contributed by atoms with Crippen LogP contribution in [-0.4, -0.2) is 37.0 Å². The lowest BCUT2D eigenvalue weighted by molar-refractivity contribution is -0.143. The van der Waals surface area contributed by atoms with Crippen molar-refractivity contribution in [2.24, 2.45) is 0 Å². The van der Waals surface area contributed by atoms with E-state index < -0.39 is 0 Å². The molecule has 0 unspecified atom stereocenters. The first-order valence-electron chi connectivity index (χ1n) is 6.12. The maximum Gasteiger partial charge on any atom is 0.307 e. The minimum atomic E-state index is -0.285. The Labute approximate surface area is 121 Å². The van der Waals surface area contributed by atoms with Crippen molar-refractivity contribution in [3.8, 4) is 0 Å². The van der Waals surface area contributed by atoms with E-state index in [0.717, 1.165) is 10.0 Å². The SMILES string of the molecule is CCOC(=O)CCN(C)C(=O)c1cc(C)cc(Br)c1. The molecule has 0 fully saturated rings. The Morgan fingerprint density at radius 1 is 1.32 bits per heavy atom. The van der Waals surface area contributed by atoms with Crippen molar-refractivity contribution in [3.63, 3.8) is 0 Å². The van der Waals surface area contributed by atoms with E-state index in [1.165, 1.54) is 4.90 Å². The predicted octanol–water partition coefficient (Wildman–Crippen LogP) is 2.78. The predicted molar refractivity (Wildman–Crippen MR) is 77.1 cm³/mol. The van der Waals surface area contributed by atoms with Gasteiger partial charge in [0.05, 0.1) is 13.0 Å². The molecule has 5 heteroatoms. The van der Waals surface area contributed by atoms with Gasteiger partial charge in [-0.15, -0.1) is 0 Å². The summed E-state index contributed by atoms with van der Waals surface area (Å²) in [6.45, 7) is 4.40. The molecule has 0 bridgehead atoms. The second kappa shape index (κ2) is 7.28. The molecule has 0 saturated heterocycles. The Morgan fingerprint density at radius 3 is 2.58 bits per heavy atom. The van der Waals surface area contributed by atoms with Crippen molar-refractivity contribution in [2.75, 3.05) is 20.2 Å². The number of benzene rings is 1. The fourth-order valence-corrected chi connectivity index (χ4v) is 2.28. The molecule has 1 amide bonds. The van der Waals surface area contributed by atoms with Gasteiger partial charge in [-0.2, -0.15) is 0 Å². The highest BCUT2D eigenvalue weighted by atomic mass is 79.9. The summed E-state index contributed by atoms with van der Waals surface area (Å²) < 4.78 is 5.70. The van der Waals surface area contributed by atoms with E-state index in [4.69, 9.17) is 4.74 Å². The van der Waals surface area contributed by atoms with Crippen LogP contribution in [0.5, 0.6) is 0 Å². The van der Waals surface area contributed by atoms with E-state index in [1.807, 2.05) is 19.1 Å². The first-order valence-corrected chi connectivity index (χ1v) is 6.91. The number of carbonyl (C=O) groups excluding carboxylic acids is 2. The van der Waals surface area contributed by atoms with Crippen molar-refractivity contribution in [1.82, 2.24) is 4.90 Å². The highest BCUT2D eigenvalue weighted by molar-refractivity contribution is 9.10. The van der Waals surface area contributed by atoms with Crippen molar-refractivity contribution < 1.29 is 14.3 Å². The number of ether oxygens (including phenoxy) is 1. The summed E-state index contributed by atoms with van der Waals surface area (Å²) >= 11 is 3.37. The van der Waals surface area contributed by atoms with Gasteiger partial charge in [-0.05, 0) is 37.6 Å². The molecule has 1 rings (SSSR count). The van der Waals surface area contributed by atoms with Gasteiger partial charge < -0.3 is 9.64 Å². The summed E-state index contributed by atoms with van der Waals surface area (Å²) in [6, 6.07) is 5.54. The Bertz CT molecular complexity index is 454. The van der Waals surface area contributed by atoms with Crippen LogP contribution in [0.15, 0.2) is 22.7 Å². The van der Waals surface area contributed by atoms with Gasteiger partial charge in [-0.1, -0.05) is 15.9 Å². The van der Waals surface area contributed by atoms with Crippen molar-refractivity contribution >= 4 is 27.8 Å².